The number of alkyl halides is 2. The summed E-state index contributed by atoms with van der Waals surface area (Å²) in [5, 5.41) is 2.49. The molecular weight excluding hydrogens is 232 g/mol. The summed E-state index contributed by atoms with van der Waals surface area (Å²) in [6.07, 6.45) is -3.24. The lowest BCUT2D eigenvalue weighted by Crippen LogP contribution is -2.31. The third kappa shape index (κ3) is 4.93. The number of hydrogen-bond donors (Lipinski definition) is 1. The van der Waals surface area contributed by atoms with Crippen LogP contribution in [-0.4, -0.2) is 30.8 Å². The molecule has 0 aliphatic carbocycles. The van der Waals surface area contributed by atoms with E-state index in [4.69, 9.17) is 4.74 Å². The molecule has 17 heavy (non-hydrogen) atoms. The Morgan fingerprint density at radius 3 is 2.00 bits per heavy atom. The second-order valence-electron chi connectivity index (χ2n) is 4.42. The van der Waals surface area contributed by atoms with E-state index < -0.39 is 29.4 Å². The number of rotatable bonds is 4. The van der Waals surface area contributed by atoms with Gasteiger partial charge in [-0.3, -0.25) is 4.79 Å². The van der Waals surface area contributed by atoms with Gasteiger partial charge in [-0.1, -0.05) is 0 Å². The van der Waals surface area contributed by atoms with Crippen LogP contribution in [0.15, 0.2) is 11.3 Å². The number of nitrogens with one attached hydrogen (secondary N) is 1. The molecule has 98 valence electrons. The molecule has 6 heteroatoms. The first-order valence-electron chi connectivity index (χ1n) is 5.04. The van der Waals surface area contributed by atoms with Gasteiger partial charge in [-0.2, -0.15) is 0 Å². The van der Waals surface area contributed by atoms with Crippen molar-refractivity contribution in [3.05, 3.63) is 11.3 Å². The van der Waals surface area contributed by atoms with Gasteiger partial charge in [0.05, 0.1) is 0 Å². The van der Waals surface area contributed by atoms with E-state index in [2.05, 4.69) is 5.32 Å². The Hall–Kier alpha value is -1.46. The normalized spacial score (nSPS) is 13.2. The van der Waals surface area contributed by atoms with E-state index in [0.29, 0.717) is 0 Å². The van der Waals surface area contributed by atoms with Crippen LogP contribution in [0.2, 0.25) is 0 Å². The second-order valence-corrected chi connectivity index (χ2v) is 4.42. The Kier molecular flexibility index (Phi) is 5.25. The smallest absolute Gasteiger partial charge is 0.344 e. The van der Waals surface area contributed by atoms with Crippen LogP contribution in [-0.2, 0) is 14.3 Å². The Morgan fingerprint density at radius 2 is 1.71 bits per heavy atom. The van der Waals surface area contributed by atoms with E-state index in [9.17, 15) is 18.4 Å². The predicted octanol–water partition coefficient (Wildman–Crippen LogP) is 1.66. The maximum absolute atomic E-state index is 12.3. The van der Waals surface area contributed by atoms with E-state index in [1.54, 1.807) is 20.8 Å². The number of ketones is 1. The molecule has 4 nitrogen and oxygen atoms in total. The van der Waals surface area contributed by atoms with Crippen molar-refractivity contribution in [3.8, 4) is 0 Å². The lowest BCUT2D eigenvalue weighted by molar-refractivity contribution is -0.151. The molecule has 0 aromatic heterocycles. The summed E-state index contributed by atoms with van der Waals surface area (Å²) in [6.45, 7) is 6.12. The third-order valence-corrected chi connectivity index (χ3v) is 1.80. The zero-order valence-corrected chi connectivity index (χ0v) is 10.6. The molecule has 0 aromatic carbocycles. The van der Waals surface area contributed by atoms with Gasteiger partial charge in [0.25, 0.3) is 0 Å². The summed E-state index contributed by atoms with van der Waals surface area (Å²) in [7, 11) is 1.43. The van der Waals surface area contributed by atoms with Crippen LogP contribution in [0, 0.1) is 0 Å². The molecule has 0 spiro atoms. The van der Waals surface area contributed by atoms with Crippen molar-refractivity contribution in [1.29, 1.82) is 0 Å². The third-order valence-electron chi connectivity index (χ3n) is 1.80. The summed E-state index contributed by atoms with van der Waals surface area (Å²) in [6, 6.07) is 0. The van der Waals surface area contributed by atoms with Crippen LogP contribution in [0.4, 0.5) is 8.78 Å². The zero-order valence-electron chi connectivity index (χ0n) is 10.6. The molecule has 0 atom stereocenters. The van der Waals surface area contributed by atoms with Gasteiger partial charge in [0.15, 0.2) is 0 Å². The number of Topliss-reactive ketones (excluding diaryl/α,β-unsaturated/α-hetero) is 1. The first-order chi connectivity index (χ1) is 7.60. The van der Waals surface area contributed by atoms with E-state index >= 15 is 0 Å². The highest BCUT2D eigenvalue weighted by Crippen LogP contribution is 2.16. The second kappa shape index (κ2) is 5.75. The Morgan fingerprint density at radius 1 is 1.24 bits per heavy atom. The molecule has 0 aliphatic rings. The Balaban J connectivity index is 5.24. The molecule has 0 fully saturated rings. The lowest BCUT2D eigenvalue weighted by Gasteiger charge is -2.21. The fourth-order valence-corrected chi connectivity index (χ4v) is 1.00. The first-order valence-corrected chi connectivity index (χ1v) is 5.04. The molecule has 0 saturated carbocycles. The van der Waals surface area contributed by atoms with Gasteiger partial charge in [-0.05, 0) is 27.7 Å². The van der Waals surface area contributed by atoms with Crippen LogP contribution in [0.5, 0.6) is 0 Å². The van der Waals surface area contributed by atoms with Gasteiger partial charge in [0.2, 0.25) is 5.78 Å². The molecule has 0 saturated heterocycles. The Labute approximate surface area is 99.0 Å². The molecule has 0 heterocycles. The fourth-order valence-electron chi connectivity index (χ4n) is 1.00. The number of carbonyl (C=O) groups excluding carboxylic acids is 2. The maximum atomic E-state index is 12.3. The average molecular weight is 249 g/mol. The standard InChI is InChI=1S/C11H17F2NO3/c1-6(14-5)7(8(15)9(12)13)10(16)17-11(2,3)4/h9,14H,1-5H3/b7-6-. The highest BCUT2D eigenvalue weighted by molar-refractivity contribution is 6.19. The van der Waals surface area contributed by atoms with Crippen LogP contribution < -0.4 is 5.32 Å². The molecule has 0 unspecified atom stereocenters. The van der Waals surface area contributed by atoms with Gasteiger partial charge in [0.1, 0.15) is 11.2 Å². The minimum Gasteiger partial charge on any atom is -0.456 e. The lowest BCUT2D eigenvalue weighted by atomic mass is 10.1. The van der Waals surface area contributed by atoms with E-state index in [1.165, 1.54) is 14.0 Å². The van der Waals surface area contributed by atoms with Crippen LogP contribution in [0.3, 0.4) is 0 Å². The number of esters is 1. The van der Waals surface area contributed by atoms with E-state index in [-0.39, 0.29) is 5.70 Å². The number of ether oxygens (including phenoxy) is 1. The van der Waals surface area contributed by atoms with E-state index in [0.717, 1.165) is 0 Å². The number of allylic oxidation sites excluding steroid dienone is 1. The van der Waals surface area contributed by atoms with Crippen molar-refractivity contribution in [1.82, 2.24) is 5.32 Å². The molecule has 0 rings (SSSR count). The zero-order chi connectivity index (χ0) is 13.8. The average Bonchev–Trinajstić information content (AvgIpc) is 2.14. The van der Waals surface area contributed by atoms with Gasteiger partial charge in [-0.15, -0.1) is 0 Å². The molecule has 0 amide bonds. The van der Waals surface area contributed by atoms with Crippen LogP contribution in [0.25, 0.3) is 0 Å². The van der Waals surface area contributed by atoms with Crippen molar-refractivity contribution >= 4 is 11.8 Å². The van der Waals surface area contributed by atoms with Gasteiger partial charge in [-0.25, -0.2) is 13.6 Å². The molecule has 0 bridgehead atoms. The van der Waals surface area contributed by atoms with Crippen molar-refractivity contribution in [2.24, 2.45) is 0 Å². The van der Waals surface area contributed by atoms with Crippen molar-refractivity contribution in [3.63, 3.8) is 0 Å². The van der Waals surface area contributed by atoms with Crippen molar-refractivity contribution in [2.45, 2.75) is 39.7 Å². The minimum absolute atomic E-state index is 0.0598. The predicted molar refractivity (Wildman–Crippen MR) is 58.6 cm³/mol. The highest BCUT2D eigenvalue weighted by Gasteiger charge is 2.31. The first kappa shape index (κ1) is 15.5. The molecule has 1 N–H and O–H groups in total. The van der Waals surface area contributed by atoms with Gasteiger partial charge in [0, 0.05) is 12.7 Å². The number of carbonyl (C=O) groups is 2. The monoisotopic (exact) mass is 249 g/mol. The Bertz CT molecular complexity index is 343. The number of halogens is 2. The maximum Gasteiger partial charge on any atom is 0.344 e. The summed E-state index contributed by atoms with van der Waals surface area (Å²) < 4.78 is 29.6. The summed E-state index contributed by atoms with van der Waals surface area (Å²) in [4.78, 5) is 22.9. The summed E-state index contributed by atoms with van der Waals surface area (Å²) >= 11 is 0. The molecular formula is C11H17F2NO3. The summed E-state index contributed by atoms with van der Waals surface area (Å²) in [5.74, 6) is -2.58. The highest BCUT2D eigenvalue weighted by atomic mass is 19.3. The van der Waals surface area contributed by atoms with Crippen LogP contribution in [0.1, 0.15) is 27.7 Å². The quantitative estimate of drug-likeness (QED) is 0.356. The van der Waals surface area contributed by atoms with Crippen LogP contribution >= 0.6 is 0 Å². The largest absolute Gasteiger partial charge is 0.456 e. The molecule has 0 radical (unpaired) electrons. The molecule has 0 aliphatic heterocycles. The number of hydrogen-bond acceptors (Lipinski definition) is 4. The molecule has 0 aromatic rings. The topological polar surface area (TPSA) is 55.4 Å². The fraction of sp³-hybridized carbons (Fsp3) is 0.636. The van der Waals surface area contributed by atoms with Crippen molar-refractivity contribution < 1.29 is 23.1 Å². The van der Waals surface area contributed by atoms with Gasteiger partial charge < -0.3 is 10.1 Å². The summed E-state index contributed by atoms with van der Waals surface area (Å²) in [5.41, 5.74) is -1.43. The van der Waals surface area contributed by atoms with Crippen molar-refractivity contribution in [2.75, 3.05) is 7.05 Å². The van der Waals surface area contributed by atoms with Gasteiger partial charge >= 0.3 is 12.4 Å². The SMILES string of the molecule is CN/C(C)=C(\C(=O)OC(C)(C)C)C(=O)C(F)F. The minimum atomic E-state index is -3.24. The van der Waals surface area contributed by atoms with E-state index in [1.807, 2.05) is 0 Å².